The second-order valence-electron chi connectivity index (χ2n) is 4.88. The van der Waals surface area contributed by atoms with Gasteiger partial charge in [-0.2, -0.15) is 0 Å². The van der Waals surface area contributed by atoms with E-state index in [0.29, 0.717) is 5.02 Å². The first-order chi connectivity index (χ1) is 9.49. The SMILES string of the molecule is CC1NCCCC1NC(=O)c1cc(Cl)ccc1[N+](=O)[O-]. The van der Waals surface area contributed by atoms with Crippen LogP contribution in [0.15, 0.2) is 18.2 Å². The minimum atomic E-state index is -0.576. The van der Waals surface area contributed by atoms with Gasteiger partial charge in [0.25, 0.3) is 11.6 Å². The van der Waals surface area contributed by atoms with Crippen LogP contribution in [-0.4, -0.2) is 29.5 Å². The molecule has 1 aromatic carbocycles. The summed E-state index contributed by atoms with van der Waals surface area (Å²) in [5.41, 5.74) is -0.233. The highest BCUT2D eigenvalue weighted by atomic mass is 35.5. The molecule has 1 amide bonds. The van der Waals surface area contributed by atoms with E-state index >= 15 is 0 Å². The Morgan fingerprint density at radius 1 is 1.55 bits per heavy atom. The number of carbonyl (C=O) groups excluding carboxylic acids is 1. The second kappa shape index (κ2) is 6.19. The van der Waals surface area contributed by atoms with Gasteiger partial charge in [0, 0.05) is 23.2 Å². The van der Waals surface area contributed by atoms with Crippen molar-refractivity contribution in [3.63, 3.8) is 0 Å². The Hall–Kier alpha value is -1.66. The average Bonchev–Trinajstić information content (AvgIpc) is 2.40. The summed E-state index contributed by atoms with van der Waals surface area (Å²) < 4.78 is 0. The van der Waals surface area contributed by atoms with Gasteiger partial charge in [-0.05, 0) is 38.4 Å². The topological polar surface area (TPSA) is 84.3 Å². The van der Waals surface area contributed by atoms with Crippen LogP contribution in [0.4, 0.5) is 5.69 Å². The quantitative estimate of drug-likeness (QED) is 0.661. The van der Waals surface area contributed by atoms with Crippen LogP contribution >= 0.6 is 11.6 Å². The van der Waals surface area contributed by atoms with Crippen LogP contribution < -0.4 is 10.6 Å². The Morgan fingerprint density at radius 2 is 2.30 bits per heavy atom. The highest BCUT2D eigenvalue weighted by Crippen LogP contribution is 2.23. The van der Waals surface area contributed by atoms with Gasteiger partial charge in [0.1, 0.15) is 5.56 Å². The fourth-order valence-corrected chi connectivity index (χ4v) is 2.51. The zero-order valence-corrected chi connectivity index (χ0v) is 11.8. The van der Waals surface area contributed by atoms with E-state index in [-0.39, 0.29) is 23.3 Å². The molecule has 7 heteroatoms. The van der Waals surface area contributed by atoms with Crippen molar-refractivity contribution in [3.8, 4) is 0 Å². The standard InChI is InChI=1S/C13H16ClN3O3/c1-8-11(3-2-6-15-8)16-13(18)10-7-9(14)4-5-12(10)17(19)20/h4-5,7-8,11,15H,2-3,6H2,1H3,(H,16,18). The first kappa shape index (κ1) is 14.7. The zero-order valence-electron chi connectivity index (χ0n) is 11.1. The summed E-state index contributed by atoms with van der Waals surface area (Å²) >= 11 is 5.82. The highest BCUT2D eigenvalue weighted by molar-refractivity contribution is 6.31. The number of nitro benzene ring substituents is 1. The molecule has 20 heavy (non-hydrogen) atoms. The van der Waals surface area contributed by atoms with Gasteiger partial charge in [0.2, 0.25) is 0 Å². The summed E-state index contributed by atoms with van der Waals surface area (Å²) in [6.45, 7) is 2.90. The maximum atomic E-state index is 12.2. The van der Waals surface area contributed by atoms with Crippen molar-refractivity contribution in [1.82, 2.24) is 10.6 Å². The zero-order chi connectivity index (χ0) is 14.7. The number of nitrogens with zero attached hydrogens (tertiary/aromatic N) is 1. The highest BCUT2D eigenvalue weighted by Gasteiger charge is 2.26. The number of rotatable bonds is 3. The summed E-state index contributed by atoms with van der Waals surface area (Å²) in [6, 6.07) is 4.09. The lowest BCUT2D eigenvalue weighted by atomic mass is 9.99. The normalized spacial score (nSPS) is 22.3. The molecule has 1 heterocycles. The summed E-state index contributed by atoms with van der Waals surface area (Å²) in [5, 5.41) is 17.4. The molecule has 108 valence electrons. The molecule has 0 aliphatic carbocycles. The van der Waals surface area contributed by atoms with Gasteiger partial charge in [0.15, 0.2) is 0 Å². The van der Waals surface area contributed by atoms with Crippen molar-refractivity contribution in [3.05, 3.63) is 38.9 Å². The fraction of sp³-hybridized carbons (Fsp3) is 0.462. The van der Waals surface area contributed by atoms with Gasteiger partial charge in [-0.25, -0.2) is 0 Å². The molecule has 6 nitrogen and oxygen atoms in total. The Kier molecular flexibility index (Phi) is 4.57. The van der Waals surface area contributed by atoms with E-state index < -0.39 is 10.8 Å². The lowest BCUT2D eigenvalue weighted by Crippen LogP contribution is -2.51. The Bertz CT molecular complexity index is 536. The molecular formula is C13H16ClN3O3. The number of piperidine rings is 1. The van der Waals surface area contributed by atoms with Crippen molar-refractivity contribution in [2.45, 2.75) is 31.8 Å². The molecule has 1 fully saturated rings. The van der Waals surface area contributed by atoms with Crippen LogP contribution in [-0.2, 0) is 0 Å². The molecule has 2 N–H and O–H groups in total. The van der Waals surface area contributed by atoms with Crippen molar-refractivity contribution >= 4 is 23.2 Å². The smallest absolute Gasteiger partial charge is 0.282 e. The first-order valence-electron chi connectivity index (χ1n) is 6.47. The molecule has 1 aromatic rings. The van der Waals surface area contributed by atoms with E-state index in [1.807, 2.05) is 6.92 Å². The van der Waals surface area contributed by atoms with E-state index in [0.717, 1.165) is 19.4 Å². The number of benzene rings is 1. The van der Waals surface area contributed by atoms with E-state index in [9.17, 15) is 14.9 Å². The van der Waals surface area contributed by atoms with E-state index in [4.69, 9.17) is 11.6 Å². The molecule has 2 rings (SSSR count). The molecular weight excluding hydrogens is 282 g/mol. The number of carbonyl (C=O) groups is 1. The van der Waals surface area contributed by atoms with Crippen LogP contribution in [0.2, 0.25) is 5.02 Å². The van der Waals surface area contributed by atoms with Gasteiger partial charge in [-0.1, -0.05) is 11.6 Å². The lowest BCUT2D eigenvalue weighted by Gasteiger charge is -2.30. The number of amides is 1. The minimum absolute atomic E-state index is 0.000253. The largest absolute Gasteiger partial charge is 0.348 e. The van der Waals surface area contributed by atoms with Crippen LogP contribution in [0, 0.1) is 10.1 Å². The maximum absolute atomic E-state index is 12.2. The predicted octanol–water partition coefficient (Wildman–Crippen LogP) is 2.12. The fourth-order valence-electron chi connectivity index (χ4n) is 2.34. The summed E-state index contributed by atoms with van der Waals surface area (Å²) in [4.78, 5) is 22.6. The van der Waals surface area contributed by atoms with Gasteiger partial charge in [-0.3, -0.25) is 14.9 Å². The first-order valence-corrected chi connectivity index (χ1v) is 6.85. The molecule has 1 aliphatic heterocycles. The van der Waals surface area contributed by atoms with Gasteiger partial charge >= 0.3 is 0 Å². The Balaban J connectivity index is 2.20. The Labute approximate surface area is 121 Å². The molecule has 2 unspecified atom stereocenters. The molecule has 1 saturated heterocycles. The van der Waals surface area contributed by atoms with Crippen LogP contribution in [0.25, 0.3) is 0 Å². The molecule has 1 aliphatic rings. The molecule has 0 saturated carbocycles. The van der Waals surface area contributed by atoms with Gasteiger partial charge in [0.05, 0.1) is 4.92 Å². The number of hydrogen-bond acceptors (Lipinski definition) is 4. The summed E-state index contributed by atoms with van der Waals surface area (Å²) in [5.74, 6) is -0.459. The Morgan fingerprint density at radius 3 is 2.95 bits per heavy atom. The predicted molar refractivity (Wildman–Crippen MR) is 76.1 cm³/mol. The number of halogens is 1. The van der Waals surface area contributed by atoms with Gasteiger partial charge < -0.3 is 10.6 Å². The third-order valence-corrected chi connectivity index (χ3v) is 3.71. The molecule has 2 atom stereocenters. The van der Waals surface area contributed by atoms with Crippen molar-refractivity contribution in [1.29, 1.82) is 0 Å². The monoisotopic (exact) mass is 297 g/mol. The number of nitro groups is 1. The average molecular weight is 298 g/mol. The third kappa shape index (κ3) is 3.26. The van der Waals surface area contributed by atoms with Crippen molar-refractivity contribution < 1.29 is 9.72 Å². The third-order valence-electron chi connectivity index (χ3n) is 3.48. The minimum Gasteiger partial charge on any atom is -0.348 e. The number of nitrogens with one attached hydrogen (secondary N) is 2. The van der Waals surface area contributed by atoms with E-state index in [2.05, 4.69) is 10.6 Å². The van der Waals surface area contributed by atoms with E-state index in [1.54, 1.807) is 0 Å². The molecule has 0 spiro atoms. The molecule has 0 radical (unpaired) electrons. The van der Waals surface area contributed by atoms with Gasteiger partial charge in [-0.15, -0.1) is 0 Å². The second-order valence-corrected chi connectivity index (χ2v) is 5.32. The van der Waals surface area contributed by atoms with Crippen LogP contribution in [0.5, 0.6) is 0 Å². The molecule has 0 bridgehead atoms. The number of hydrogen-bond donors (Lipinski definition) is 2. The lowest BCUT2D eigenvalue weighted by molar-refractivity contribution is -0.385. The van der Waals surface area contributed by atoms with E-state index in [1.165, 1.54) is 18.2 Å². The van der Waals surface area contributed by atoms with Crippen molar-refractivity contribution in [2.75, 3.05) is 6.54 Å². The summed E-state index contributed by atoms with van der Waals surface area (Å²) in [6.07, 6.45) is 1.82. The maximum Gasteiger partial charge on any atom is 0.282 e. The summed E-state index contributed by atoms with van der Waals surface area (Å²) in [7, 11) is 0. The van der Waals surface area contributed by atoms with Crippen LogP contribution in [0.3, 0.4) is 0 Å². The molecule has 0 aromatic heterocycles. The van der Waals surface area contributed by atoms with Crippen LogP contribution in [0.1, 0.15) is 30.1 Å². The van der Waals surface area contributed by atoms with Crippen molar-refractivity contribution in [2.24, 2.45) is 0 Å².